The van der Waals surface area contributed by atoms with E-state index in [4.69, 9.17) is 25.7 Å². The number of carbonyl (C=O) groups excluding carboxylic acids is 1. The summed E-state index contributed by atoms with van der Waals surface area (Å²) in [5.74, 6) is 0.572. The second-order valence-electron chi connectivity index (χ2n) is 3.30. The lowest BCUT2D eigenvalue weighted by molar-refractivity contribution is -0.119. The highest BCUT2D eigenvalue weighted by Crippen LogP contribution is 2.41. The minimum Gasteiger partial charge on any atom is -0.493 e. The molecule has 1 unspecified atom stereocenters. The van der Waals surface area contributed by atoms with E-state index in [2.05, 4.69) is 0 Å². The van der Waals surface area contributed by atoms with Crippen molar-refractivity contribution in [2.24, 2.45) is 11.5 Å². The molecule has 4 N–H and O–H groups in total. The summed E-state index contributed by atoms with van der Waals surface area (Å²) in [6, 6.07) is 2.31. The summed E-state index contributed by atoms with van der Waals surface area (Å²) in [6.45, 7) is 0. The Kier molecular flexibility index (Phi) is 4.17. The van der Waals surface area contributed by atoms with E-state index < -0.39 is 11.9 Å². The van der Waals surface area contributed by atoms with Gasteiger partial charge in [-0.2, -0.15) is 0 Å². The first-order valence-corrected chi connectivity index (χ1v) is 4.90. The van der Waals surface area contributed by atoms with Crippen molar-refractivity contribution in [3.05, 3.63) is 17.7 Å². The van der Waals surface area contributed by atoms with E-state index in [1.165, 1.54) is 21.3 Å². The Hall–Kier alpha value is -1.95. The largest absolute Gasteiger partial charge is 0.493 e. The van der Waals surface area contributed by atoms with E-state index in [1.54, 1.807) is 12.1 Å². The Morgan fingerprint density at radius 3 is 2.12 bits per heavy atom. The fourth-order valence-electron chi connectivity index (χ4n) is 1.52. The lowest BCUT2D eigenvalue weighted by atomic mass is 10.0. The van der Waals surface area contributed by atoms with E-state index in [-0.39, 0.29) is 0 Å². The van der Waals surface area contributed by atoms with Gasteiger partial charge in [-0.15, -0.1) is 0 Å². The van der Waals surface area contributed by atoms with Crippen LogP contribution in [0.25, 0.3) is 0 Å². The van der Waals surface area contributed by atoms with Gasteiger partial charge < -0.3 is 25.7 Å². The number of rotatable bonds is 5. The molecule has 1 atom stereocenters. The zero-order chi connectivity index (χ0) is 13.0. The second kappa shape index (κ2) is 5.40. The standard InChI is InChI=1S/C11H16N2O4/c1-15-7-5-4-6(8(12)11(13)14)9(16-2)10(7)17-3/h4-5,8H,12H2,1-3H3,(H2,13,14). The van der Waals surface area contributed by atoms with E-state index in [9.17, 15) is 4.79 Å². The summed E-state index contributed by atoms with van der Waals surface area (Å²) < 4.78 is 15.5. The van der Waals surface area contributed by atoms with Crippen molar-refractivity contribution in [3.63, 3.8) is 0 Å². The van der Waals surface area contributed by atoms with Crippen LogP contribution in [-0.4, -0.2) is 27.2 Å². The predicted octanol–water partition coefficient (Wildman–Crippen LogP) is 0.198. The van der Waals surface area contributed by atoms with Crippen LogP contribution in [0.4, 0.5) is 0 Å². The van der Waals surface area contributed by atoms with Gasteiger partial charge in [-0.25, -0.2) is 0 Å². The minimum atomic E-state index is -0.954. The highest BCUT2D eigenvalue weighted by molar-refractivity contribution is 5.82. The van der Waals surface area contributed by atoms with Gasteiger partial charge >= 0.3 is 0 Å². The van der Waals surface area contributed by atoms with Crippen LogP contribution < -0.4 is 25.7 Å². The summed E-state index contributed by atoms with van der Waals surface area (Å²) in [7, 11) is 4.43. The number of ether oxygens (including phenoxy) is 3. The van der Waals surface area contributed by atoms with Crippen molar-refractivity contribution in [2.75, 3.05) is 21.3 Å². The number of benzene rings is 1. The highest BCUT2D eigenvalue weighted by atomic mass is 16.5. The first-order valence-electron chi connectivity index (χ1n) is 4.90. The second-order valence-corrected chi connectivity index (χ2v) is 3.30. The maximum atomic E-state index is 11.1. The van der Waals surface area contributed by atoms with Crippen molar-refractivity contribution in [1.29, 1.82) is 0 Å². The molecular formula is C11H16N2O4. The molecule has 0 aliphatic carbocycles. The summed E-state index contributed by atoms with van der Waals surface area (Å²) in [5.41, 5.74) is 11.3. The van der Waals surface area contributed by atoms with Gasteiger partial charge in [0.25, 0.3) is 0 Å². The molecule has 1 aromatic rings. The molecule has 0 radical (unpaired) electrons. The maximum Gasteiger partial charge on any atom is 0.239 e. The third-order valence-electron chi connectivity index (χ3n) is 2.38. The lowest BCUT2D eigenvalue weighted by Gasteiger charge is -2.17. The summed E-state index contributed by atoms with van der Waals surface area (Å²) in [5, 5.41) is 0. The van der Waals surface area contributed by atoms with Gasteiger partial charge in [0, 0.05) is 5.56 Å². The van der Waals surface area contributed by atoms with Crippen molar-refractivity contribution in [2.45, 2.75) is 6.04 Å². The molecule has 0 aliphatic heterocycles. The topological polar surface area (TPSA) is 96.8 Å². The zero-order valence-electron chi connectivity index (χ0n) is 10.0. The van der Waals surface area contributed by atoms with Crippen molar-refractivity contribution in [3.8, 4) is 17.2 Å². The minimum absolute atomic E-state index is 0.346. The fraction of sp³-hybridized carbons (Fsp3) is 0.364. The van der Waals surface area contributed by atoms with Crippen molar-refractivity contribution < 1.29 is 19.0 Å². The van der Waals surface area contributed by atoms with Crippen LogP contribution >= 0.6 is 0 Å². The molecule has 1 aromatic carbocycles. The Morgan fingerprint density at radius 2 is 1.71 bits per heavy atom. The SMILES string of the molecule is COc1ccc(C(N)C(N)=O)c(OC)c1OC. The molecule has 0 aromatic heterocycles. The molecule has 0 saturated carbocycles. The Labute approximate surface area is 99.4 Å². The molecule has 1 amide bonds. The fourth-order valence-corrected chi connectivity index (χ4v) is 1.52. The third-order valence-corrected chi connectivity index (χ3v) is 2.38. The third kappa shape index (κ3) is 2.42. The number of nitrogens with two attached hydrogens (primary N) is 2. The van der Waals surface area contributed by atoms with Gasteiger partial charge in [-0.1, -0.05) is 0 Å². The van der Waals surface area contributed by atoms with E-state index in [1.807, 2.05) is 0 Å². The van der Waals surface area contributed by atoms with Gasteiger partial charge in [0.1, 0.15) is 6.04 Å². The monoisotopic (exact) mass is 240 g/mol. The van der Waals surface area contributed by atoms with Gasteiger partial charge in [-0.05, 0) is 12.1 Å². The van der Waals surface area contributed by atoms with E-state index in [0.29, 0.717) is 22.8 Å². The van der Waals surface area contributed by atoms with Crippen LogP contribution in [0.1, 0.15) is 11.6 Å². The highest BCUT2D eigenvalue weighted by Gasteiger charge is 2.22. The molecule has 0 saturated heterocycles. The van der Waals surface area contributed by atoms with Gasteiger partial charge in [0.05, 0.1) is 21.3 Å². The molecule has 0 bridgehead atoms. The quantitative estimate of drug-likeness (QED) is 0.766. The van der Waals surface area contributed by atoms with Crippen molar-refractivity contribution >= 4 is 5.91 Å². The summed E-state index contributed by atoms with van der Waals surface area (Å²) >= 11 is 0. The smallest absolute Gasteiger partial charge is 0.239 e. The molecule has 6 nitrogen and oxygen atoms in total. The average molecular weight is 240 g/mol. The molecule has 0 spiro atoms. The molecule has 94 valence electrons. The van der Waals surface area contributed by atoms with Crippen LogP contribution in [0.2, 0.25) is 0 Å². The van der Waals surface area contributed by atoms with Crippen LogP contribution in [-0.2, 0) is 4.79 Å². The van der Waals surface area contributed by atoms with Gasteiger partial charge in [0.15, 0.2) is 11.5 Å². The first-order chi connectivity index (χ1) is 8.06. The van der Waals surface area contributed by atoms with Gasteiger partial charge in [0.2, 0.25) is 11.7 Å². The van der Waals surface area contributed by atoms with E-state index in [0.717, 1.165) is 0 Å². The molecule has 0 heterocycles. The lowest BCUT2D eigenvalue weighted by Crippen LogP contribution is -2.28. The molecule has 0 fully saturated rings. The van der Waals surface area contributed by atoms with E-state index >= 15 is 0 Å². The number of amides is 1. The summed E-state index contributed by atoms with van der Waals surface area (Å²) in [4.78, 5) is 11.1. The Balaban J connectivity index is 3.37. The molecule has 0 aliphatic rings. The van der Waals surface area contributed by atoms with Crippen LogP contribution in [0.15, 0.2) is 12.1 Å². The molecule has 17 heavy (non-hydrogen) atoms. The van der Waals surface area contributed by atoms with Crippen LogP contribution in [0, 0.1) is 0 Å². The van der Waals surface area contributed by atoms with Crippen molar-refractivity contribution in [1.82, 2.24) is 0 Å². The first kappa shape index (κ1) is 13.1. The van der Waals surface area contributed by atoms with Crippen LogP contribution in [0.5, 0.6) is 17.2 Å². The number of hydrogen-bond donors (Lipinski definition) is 2. The Bertz CT molecular complexity index is 420. The number of methoxy groups -OCH3 is 3. The Morgan fingerprint density at radius 1 is 1.12 bits per heavy atom. The molecule has 1 rings (SSSR count). The molecular weight excluding hydrogens is 224 g/mol. The predicted molar refractivity (Wildman–Crippen MR) is 62.2 cm³/mol. The zero-order valence-corrected chi connectivity index (χ0v) is 10.0. The normalized spacial score (nSPS) is 11.8. The average Bonchev–Trinajstić information content (AvgIpc) is 2.35. The van der Waals surface area contributed by atoms with Gasteiger partial charge in [-0.3, -0.25) is 4.79 Å². The number of carbonyl (C=O) groups is 1. The van der Waals surface area contributed by atoms with Crippen LogP contribution in [0.3, 0.4) is 0 Å². The maximum absolute atomic E-state index is 11.1. The summed E-state index contributed by atoms with van der Waals surface area (Å²) in [6.07, 6.45) is 0. The molecule has 6 heteroatoms. The number of primary amides is 1. The number of hydrogen-bond acceptors (Lipinski definition) is 5.